The van der Waals surface area contributed by atoms with E-state index in [1.54, 1.807) is 13.2 Å². The molecule has 6 nitrogen and oxygen atoms in total. The molecule has 2 aliphatic carbocycles. The van der Waals surface area contributed by atoms with E-state index in [4.69, 9.17) is 16.3 Å². The minimum Gasteiger partial charge on any atom is -0.468 e. The minimum absolute atomic E-state index is 0.00955. The molecule has 2 heterocycles. The van der Waals surface area contributed by atoms with Crippen molar-refractivity contribution in [1.82, 2.24) is 19.5 Å². The molecule has 9 heteroatoms. The average Bonchev–Trinajstić information content (AvgIpc) is 3.60. The Hall–Kier alpha value is -2.48. The highest BCUT2D eigenvalue weighted by Crippen LogP contribution is 2.54. The Morgan fingerprint density at radius 2 is 1.86 bits per heavy atom. The van der Waals surface area contributed by atoms with E-state index in [1.807, 2.05) is 0 Å². The number of nitrogens with zero attached hydrogens (tertiary/aromatic N) is 4. The first-order valence-corrected chi connectivity index (χ1v) is 9.96. The van der Waals surface area contributed by atoms with Crippen molar-refractivity contribution in [2.24, 2.45) is 11.8 Å². The highest BCUT2D eigenvalue weighted by molar-refractivity contribution is 6.33. The largest absolute Gasteiger partial charge is 0.468 e. The summed E-state index contributed by atoms with van der Waals surface area (Å²) in [6, 6.07) is 5.23. The summed E-state index contributed by atoms with van der Waals surface area (Å²) in [5.74, 6) is 1.24. The standard InChI is InChI=1S/C20H19ClF2N4O2/c1-28-20-26-16-15(13-7-6-12(8-14(13)21)29-19(22)23)24-9-25-18(16)27(20)17(10-2-3-10)11-4-5-11/h6-11,17,19H,2-5H2,1H3. The van der Waals surface area contributed by atoms with Gasteiger partial charge in [-0.2, -0.15) is 13.8 Å². The van der Waals surface area contributed by atoms with Crippen LogP contribution in [0.15, 0.2) is 24.5 Å². The van der Waals surface area contributed by atoms with Gasteiger partial charge in [-0.3, -0.25) is 4.57 Å². The van der Waals surface area contributed by atoms with Gasteiger partial charge >= 0.3 is 6.61 Å². The lowest BCUT2D eigenvalue weighted by molar-refractivity contribution is -0.0498. The number of imidazole rings is 1. The Morgan fingerprint density at radius 1 is 1.14 bits per heavy atom. The number of methoxy groups -OCH3 is 1. The fraction of sp³-hybridized carbons (Fsp3) is 0.450. The van der Waals surface area contributed by atoms with Crippen LogP contribution in [0.25, 0.3) is 22.4 Å². The molecule has 0 radical (unpaired) electrons. The predicted molar refractivity (Wildman–Crippen MR) is 103 cm³/mol. The average molecular weight is 421 g/mol. The number of halogens is 3. The van der Waals surface area contributed by atoms with E-state index >= 15 is 0 Å². The monoisotopic (exact) mass is 420 g/mol. The zero-order chi connectivity index (χ0) is 20.1. The van der Waals surface area contributed by atoms with Crippen LogP contribution in [0.3, 0.4) is 0 Å². The molecule has 0 N–H and O–H groups in total. The third-order valence-corrected chi connectivity index (χ3v) is 5.87. The molecule has 0 amide bonds. The van der Waals surface area contributed by atoms with Crippen LogP contribution in [0.1, 0.15) is 31.7 Å². The second-order valence-electron chi connectivity index (χ2n) is 7.55. The van der Waals surface area contributed by atoms with Crippen molar-refractivity contribution in [1.29, 1.82) is 0 Å². The number of rotatable bonds is 7. The van der Waals surface area contributed by atoms with Crippen LogP contribution in [-0.4, -0.2) is 33.2 Å². The Labute approximate surface area is 170 Å². The van der Waals surface area contributed by atoms with E-state index < -0.39 is 6.61 Å². The number of aromatic nitrogens is 4. The quantitative estimate of drug-likeness (QED) is 0.531. The molecule has 0 unspecified atom stereocenters. The third-order valence-electron chi connectivity index (χ3n) is 5.56. The van der Waals surface area contributed by atoms with Crippen molar-refractivity contribution >= 4 is 22.8 Å². The van der Waals surface area contributed by atoms with E-state index in [-0.39, 0.29) is 10.8 Å². The molecular formula is C20H19ClF2N4O2. The molecule has 2 aliphatic rings. The number of ether oxygens (including phenoxy) is 2. The fourth-order valence-electron chi connectivity index (χ4n) is 4.04. The first-order chi connectivity index (χ1) is 14.1. The first-order valence-electron chi connectivity index (χ1n) is 9.58. The molecule has 0 saturated heterocycles. The summed E-state index contributed by atoms with van der Waals surface area (Å²) < 4.78 is 37.1. The van der Waals surface area contributed by atoms with Crippen LogP contribution < -0.4 is 9.47 Å². The van der Waals surface area contributed by atoms with Crippen LogP contribution >= 0.6 is 11.6 Å². The molecule has 0 atom stereocenters. The summed E-state index contributed by atoms with van der Waals surface area (Å²) in [5.41, 5.74) is 2.40. The third kappa shape index (κ3) is 3.39. The van der Waals surface area contributed by atoms with Crippen molar-refractivity contribution in [3.05, 3.63) is 29.5 Å². The van der Waals surface area contributed by atoms with Crippen molar-refractivity contribution in [3.63, 3.8) is 0 Å². The number of hydrogen-bond acceptors (Lipinski definition) is 5. The van der Waals surface area contributed by atoms with Crippen LogP contribution in [0.2, 0.25) is 5.02 Å². The van der Waals surface area contributed by atoms with Gasteiger partial charge in [-0.25, -0.2) is 9.97 Å². The van der Waals surface area contributed by atoms with Crippen LogP contribution in [0, 0.1) is 11.8 Å². The highest BCUT2D eigenvalue weighted by atomic mass is 35.5. The molecule has 1 aromatic carbocycles. The summed E-state index contributed by atoms with van der Waals surface area (Å²) in [6.07, 6.45) is 6.31. The van der Waals surface area contributed by atoms with E-state index in [0.29, 0.717) is 46.3 Å². The van der Waals surface area contributed by atoms with Gasteiger partial charge < -0.3 is 9.47 Å². The van der Waals surface area contributed by atoms with E-state index in [1.165, 1.54) is 44.1 Å². The second kappa shape index (κ2) is 7.09. The van der Waals surface area contributed by atoms with Gasteiger partial charge in [-0.15, -0.1) is 0 Å². The van der Waals surface area contributed by atoms with Crippen LogP contribution in [-0.2, 0) is 0 Å². The van der Waals surface area contributed by atoms with E-state index in [2.05, 4.69) is 24.3 Å². The molecule has 2 saturated carbocycles. The van der Waals surface area contributed by atoms with Gasteiger partial charge in [0, 0.05) is 11.6 Å². The molecule has 29 heavy (non-hydrogen) atoms. The topological polar surface area (TPSA) is 62.1 Å². The molecule has 2 fully saturated rings. The summed E-state index contributed by atoms with van der Waals surface area (Å²) >= 11 is 6.36. The molecule has 3 aromatic rings. The summed E-state index contributed by atoms with van der Waals surface area (Å²) in [5, 5.41) is 0.248. The second-order valence-corrected chi connectivity index (χ2v) is 7.96. The molecule has 5 rings (SSSR count). The van der Waals surface area contributed by atoms with Gasteiger partial charge in [-0.1, -0.05) is 11.6 Å². The van der Waals surface area contributed by atoms with Gasteiger partial charge in [0.15, 0.2) is 5.65 Å². The maximum atomic E-state index is 12.5. The van der Waals surface area contributed by atoms with Gasteiger partial charge in [-0.05, 0) is 55.7 Å². The number of benzene rings is 1. The number of fused-ring (bicyclic) bond motifs is 1. The fourth-order valence-corrected chi connectivity index (χ4v) is 4.30. The Bertz CT molecular complexity index is 1050. The van der Waals surface area contributed by atoms with Crippen LogP contribution in [0.4, 0.5) is 8.78 Å². The highest BCUT2D eigenvalue weighted by Gasteiger charge is 2.44. The summed E-state index contributed by atoms with van der Waals surface area (Å²) in [6.45, 7) is -2.91. The first kappa shape index (κ1) is 18.5. The molecule has 0 aliphatic heterocycles. The summed E-state index contributed by atoms with van der Waals surface area (Å²) in [7, 11) is 1.60. The zero-order valence-electron chi connectivity index (χ0n) is 15.7. The lowest BCUT2D eigenvalue weighted by Crippen LogP contribution is -2.15. The van der Waals surface area contributed by atoms with Crippen molar-refractivity contribution in [2.75, 3.05) is 7.11 Å². The normalized spacial score (nSPS) is 16.8. The van der Waals surface area contributed by atoms with Gasteiger partial charge in [0.25, 0.3) is 6.01 Å². The Balaban J connectivity index is 1.63. The maximum Gasteiger partial charge on any atom is 0.387 e. The van der Waals surface area contributed by atoms with Gasteiger partial charge in [0.1, 0.15) is 23.3 Å². The van der Waals surface area contributed by atoms with E-state index in [9.17, 15) is 8.78 Å². The molecular weight excluding hydrogens is 402 g/mol. The molecule has 0 bridgehead atoms. The zero-order valence-corrected chi connectivity index (χ0v) is 16.4. The summed E-state index contributed by atoms with van der Waals surface area (Å²) in [4.78, 5) is 13.6. The Kier molecular flexibility index (Phi) is 4.53. The van der Waals surface area contributed by atoms with Crippen molar-refractivity contribution < 1.29 is 18.3 Å². The number of hydrogen-bond donors (Lipinski definition) is 0. The van der Waals surface area contributed by atoms with Crippen LogP contribution in [0.5, 0.6) is 11.8 Å². The lowest BCUT2D eigenvalue weighted by atomic mass is 10.1. The molecule has 152 valence electrons. The smallest absolute Gasteiger partial charge is 0.387 e. The van der Waals surface area contributed by atoms with E-state index in [0.717, 1.165) is 0 Å². The van der Waals surface area contributed by atoms with Crippen molar-refractivity contribution in [3.8, 4) is 23.0 Å². The SMILES string of the molecule is COc1nc2c(-c3ccc(OC(F)F)cc3Cl)ncnc2n1C(C1CC1)C1CC1. The Morgan fingerprint density at radius 3 is 2.45 bits per heavy atom. The maximum absolute atomic E-state index is 12.5. The lowest BCUT2D eigenvalue weighted by Gasteiger charge is -2.19. The number of alkyl halides is 2. The van der Waals surface area contributed by atoms with Gasteiger partial charge in [0.2, 0.25) is 0 Å². The molecule has 2 aromatic heterocycles. The molecule has 0 spiro atoms. The van der Waals surface area contributed by atoms with Crippen molar-refractivity contribution in [2.45, 2.75) is 38.3 Å². The minimum atomic E-state index is -2.91. The van der Waals surface area contributed by atoms with Gasteiger partial charge in [0.05, 0.1) is 12.1 Å². The predicted octanol–water partition coefficient (Wildman–Crippen LogP) is 5.12.